The summed E-state index contributed by atoms with van der Waals surface area (Å²) in [6.45, 7) is 6.84. The Labute approximate surface area is 423 Å². The summed E-state index contributed by atoms with van der Waals surface area (Å²) in [5, 5.41) is 0. The second kappa shape index (κ2) is 50.2. The molecule has 0 bridgehead atoms. The third-order valence-corrected chi connectivity index (χ3v) is 23.7. The Morgan fingerprint density at radius 3 is 0.657 bits per heavy atom. The molecule has 1 aliphatic rings. The van der Waals surface area contributed by atoms with E-state index < -0.39 is 19.6 Å². The summed E-state index contributed by atoms with van der Waals surface area (Å²) < 4.78 is 19.0. The molecule has 7 heteroatoms. The van der Waals surface area contributed by atoms with Crippen molar-refractivity contribution in [3.8, 4) is 0 Å². The normalized spacial score (nSPS) is 13.3. The van der Waals surface area contributed by atoms with Gasteiger partial charge in [-0.1, -0.05) is 136 Å². The van der Waals surface area contributed by atoms with E-state index in [1.165, 1.54) is 231 Å². The average Bonchev–Trinajstić information content (AvgIpc) is 3.33. The third-order valence-electron chi connectivity index (χ3n) is 14.8. The topological polar surface area (TPSA) is 78.9 Å². The van der Waals surface area contributed by atoms with Crippen LogP contribution in [-0.2, 0) is 23.6 Å². The number of rotatable bonds is 52. The number of carbonyl (C=O) groups excluding carboxylic acids is 3. The van der Waals surface area contributed by atoms with Crippen LogP contribution in [0.25, 0.3) is 0 Å². The monoisotopic (exact) mass is 1050 g/mol. The van der Waals surface area contributed by atoms with Gasteiger partial charge in [0.05, 0.1) is 0 Å². The van der Waals surface area contributed by atoms with Gasteiger partial charge in [0.2, 0.25) is 0 Å². The van der Waals surface area contributed by atoms with Crippen molar-refractivity contribution in [2.45, 2.75) is 365 Å². The van der Waals surface area contributed by atoms with Crippen molar-refractivity contribution in [3.63, 3.8) is 0 Å². The molecule has 0 N–H and O–H groups in total. The minimum absolute atomic E-state index is 0.122. The summed E-state index contributed by atoms with van der Waals surface area (Å²) in [4.78, 5) is 41.0. The van der Waals surface area contributed by atoms with Crippen molar-refractivity contribution >= 4 is 37.5 Å². The second-order valence-electron chi connectivity index (χ2n) is 21.5. The first-order valence-corrected chi connectivity index (χ1v) is 35.8. The van der Waals surface area contributed by atoms with Gasteiger partial charge in [0, 0.05) is 0 Å². The second-order valence-corrected chi connectivity index (χ2v) is 29.0. The third kappa shape index (κ3) is 41.5. The molecule has 0 aliphatic heterocycles. The minimum atomic E-state index is -4.99. The molecule has 67 heavy (non-hydrogen) atoms. The molecular formula is C60H116O6Sn. The van der Waals surface area contributed by atoms with Gasteiger partial charge in [-0.05, 0) is 0 Å². The van der Waals surface area contributed by atoms with E-state index in [9.17, 15) is 14.4 Å². The molecule has 1 rings (SSSR count). The van der Waals surface area contributed by atoms with Crippen LogP contribution in [-0.4, -0.2) is 37.5 Å². The number of carbonyl (C=O) groups is 3. The Balaban J connectivity index is 2.58. The van der Waals surface area contributed by atoms with Crippen molar-refractivity contribution in [2.75, 3.05) is 0 Å². The maximum atomic E-state index is 13.7. The molecule has 0 heterocycles. The van der Waals surface area contributed by atoms with Crippen LogP contribution in [0, 0.1) is 0 Å². The Morgan fingerprint density at radius 2 is 0.463 bits per heavy atom. The fourth-order valence-electron chi connectivity index (χ4n) is 10.3. The van der Waals surface area contributed by atoms with E-state index in [0.717, 1.165) is 89.9 Å². The predicted molar refractivity (Wildman–Crippen MR) is 290 cm³/mol. The summed E-state index contributed by atoms with van der Waals surface area (Å²) in [5.41, 5.74) is 0. The summed E-state index contributed by atoms with van der Waals surface area (Å²) in [6.07, 6.45) is 62.9. The zero-order chi connectivity index (χ0) is 48.4. The average molecular weight is 1050 g/mol. The van der Waals surface area contributed by atoms with Crippen molar-refractivity contribution in [3.05, 3.63) is 0 Å². The summed E-state index contributed by atoms with van der Waals surface area (Å²) in [6, 6.07) is 0. The van der Waals surface area contributed by atoms with E-state index >= 15 is 0 Å². The number of unbranched alkanes of at least 4 members (excludes halogenated alkanes) is 42. The van der Waals surface area contributed by atoms with Gasteiger partial charge in [-0.15, -0.1) is 0 Å². The fraction of sp³-hybridized carbons (Fsp3) is 0.950. The van der Waals surface area contributed by atoms with Crippen LogP contribution in [0.5, 0.6) is 0 Å². The Morgan fingerprint density at radius 1 is 0.284 bits per heavy atom. The SMILES string of the molecule is CCCCCCCCCCCCCCCCCC(=O)[O][Sn]([O]C(=O)CCCCCCCCCCCCCCCCC)([O]C(=O)CCCCCCCCCCCCCCCCC)[CH]1CCCCC1. The first-order valence-electron chi connectivity index (χ1n) is 30.6. The Hall–Kier alpha value is -0.791. The van der Waals surface area contributed by atoms with Gasteiger partial charge >= 0.3 is 290 Å². The first kappa shape index (κ1) is 64.2. The van der Waals surface area contributed by atoms with E-state index in [2.05, 4.69) is 20.8 Å². The molecule has 0 unspecified atom stereocenters. The van der Waals surface area contributed by atoms with E-state index in [1.807, 2.05) is 0 Å². The summed E-state index contributed by atoms with van der Waals surface area (Å²) in [7, 11) is 0. The Bertz CT molecular complexity index is 958. The zero-order valence-electron chi connectivity index (χ0n) is 45.5. The number of hydrogen-bond acceptors (Lipinski definition) is 6. The quantitative estimate of drug-likeness (QED) is 0.0446. The summed E-state index contributed by atoms with van der Waals surface area (Å²) >= 11 is -4.99. The van der Waals surface area contributed by atoms with Crippen molar-refractivity contribution in [2.24, 2.45) is 0 Å². The van der Waals surface area contributed by atoms with Gasteiger partial charge in [0.15, 0.2) is 0 Å². The van der Waals surface area contributed by atoms with E-state index in [4.69, 9.17) is 9.22 Å². The summed E-state index contributed by atoms with van der Waals surface area (Å²) in [5.74, 6) is -0.971. The van der Waals surface area contributed by atoms with Crippen LogP contribution in [0.1, 0.15) is 361 Å². The van der Waals surface area contributed by atoms with Crippen molar-refractivity contribution < 1.29 is 23.6 Å². The van der Waals surface area contributed by atoms with Crippen LogP contribution < -0.4 is 0 Å². The zero-order valence-corrected chi connectivity index (χ0v) is 48.4. The molecule has 0 aromatic carbocycles. The van der Waals surface area contributed by atoms with Crippen LogP contribution in [0.3, 0.4) is 0 Å². The molecule has 0 aromatic rings. The standard InChI is InChI=1S/3C18H36O2.C6H11.Sn/c3*1-2-3-4-5-6-7-8-9-10-11-12-13-14-15-16-17-18(19)20;1-2-4-6-5-3-1;/h3*2-17H2,1H3,(H,19,20);1H,2-6H2;/q;;;;+3/p-3. The molecule has 0 spiro atoms. The maximum absolute atomic E-state index is 13.7. The van der Waals surface area contributed by atoms with Gasteiger partial charge in [0.1, 0.15) is 0 Å². The van der Waals surface area contributed by atoms with Crippen LogP contribution in [0.4, 0.5) is 0 Å². The van der Waals surface area contributed by atoms with Crippen LogP contribution >= 0.6 is 0 Å². The van der Waals surface area contributed by atoms with Crippen LogP contribution in [0.2, 0.25) is 3.93 Å². The first-order chi connectivity index (χ1) is 33.0. The molecule has 0 amide bonds. The van der Waals surface area contributed by atoms with Crippen molar-refractivity contribution in [1.82, 2.24) is 0 Å². The molecule has 1 saturated carbocycles. The molecule has 1 aliphatic carbocycles. The molecule has 0 atom stereocenters. The predicted octanol–water partition coefficient (Wildman–Crippen LogP) is 20.7. The molecule has 0 radical (unpaired) electrons. The number of hydrogen-bond donors (Lipinski definition) is 0. The molecular weight excluding hydrogens is 935 g/mol. The van der Waals surface area contributed by atoms with E-state index in [-0.39, 0.29) is 21.8 Å². The van der Waals surface area contributed by atoms with Crippen LogP contribution in [0.15, 0.2) is 0 Å². The fourth-order valence-corrected chi connectivity index (χ4v) is 18.9. The van der Waals surface area contributed by atoms with Gasteiger partial charge in [-0.2, -0.15) is 0 Å². The molecule has 0 saturated heterocycles. The van der Waals surface area contributed by atoms with Gasteiger partial charge in [0.25, 0.3) is 0 Å². The molecule has 6 nitrogen and oxygen atoms in total. The van der Waals surface area contributed by atoms with Crippen molar-refractivity contribution in [1.29, 1.82) is 0 Å². The van der Waals surface area contributed by atoms with Gasteiger partial charge < -0.3 is 0 Å². The van der Waals surface area contributed by atoms with E-state index in [1.54, 1.807) is 0 Å². The van der Waals surface area contributed by atoms with E-state index in [0.29, 0.717) is 19.3 Å². The molecule has 1 fully saturated rings. The molecule has 396 valence electrons. The van der Waals surface area contributed by atoms with Gasteiger partial charge in [-0.25, -0.2) is 0 Å². The molecule has 0 aromatic heterocycles. The Kier molecular flexibility index (Phi) is 48.1. The van der Waals surface area contributed by atoms with Gasteiger partial charge in [-0.3, -0.25) is 0 Å².